The highest BCUT2D eigenvalue weighted by atomic mass is 14.8. The van der Waals surface area contributed by atoms with Gasteiger partial charge in [-0.05, 0) is 209 Å². The molecule has 6 heterocycles. The van der Waals surface area contributed by atoms with Gasteiger partial charge >= 0.3 is 0 Å². The Morgan fingerprint density at radius 2 is 0.446 bits per heavy atom. The van der Waals surface area contributed by atoms with Crippen LogP contribution in [0.1, 0.15) is 31.9 Å². The molecular weight excluding hydrogens is 1240 g/mol. The highest BCUT2D eigenvalue weighted by molar-refractivity contribution is 6.17. The maximum atomic E-state index is 4.21. The highest BCUT2D eigenvalue weighted by Gasteiger charge is 2.19. The summed E-state index contributed by atoms with van der Waals surface area (Å²) in [6.07, 6.45) is 31.6. The van der Waals surface area contributed by atoms with Crippen molar-refractivity contribution in [1.29, 1.82) is 0 Å². The lowest BCUT2D eigenvalue weighted by molar-refractivity contribution is 0.590. The van der Waals surface area contributed by atoms with Gasteiger partial charge in [0.15, 0.2) is 0 Å². The van der Waals surface area contributed by atoms with Gasteiger partial charge in [-0.1, -0.05) is 172 Å². The van der Waals surface area contributed by atoms with Crippen molar-refractivity contribution in [2.75, 3.05) is 0 Å². The quantitative estimate of drug-likeness (QED) is 0.126. The molecule has 0 amide bonds. The molecule has 0 aliphatic carbocycles. The first-order chi connectivity index (χ1) is 49.6. The first-order valence-electron chi connectivity index (χ1n) is 33.4. The molecule has 12 heteroatoms. The fourth-order valence-electron chi connectivity index (χ4n) is 13.7. The minimum absolute atomic E-state index is 0.110. The molecule has 12 aromatic carbocycles. The van der Waals surface area contributed by atoms with E-state index in [-0.39, 0.29) is 5.41 Å². The van der Waals surface area contributed by atoms with Gasteiger partial charge in [0.2, 0.25) is 0 Å². The van der Waals surface area contributed by atoms with Crippen LogP contribution < -0.4 is 0 Å². The van der Waals surface area contributed by atoms with Crippen molar-refractivity contribution in [2.24, 2.45) is 0 Å². The third-order valence-electron chi connectivity index (χ3n) is 18.7. The summed E-state index contributed by atoms with van der Waals surface area (Å²) in [5, 5.41) is 14.4. The Bertz CT molecular complexity index is 5740. The topological polar surface area (TPSA) is 155 Å². The Morgan fingerprint density at radius 3 is 0.713 bits per heavy atom. The average molecular weight is 1300 g/mol. The number of aryl methyl sites for hydroxylation is 1. The van der Waals surface area contributed by atoms with E-state index >= 15 is 0 Å². The van der Waals surface area contributed by atoms with Gasteiger partial charge in [-0.25, -0.2) is 59.8 Å². The maximum absolute atomic E-state index is 4.21. The molecule has 0 bridgehead atoms. The minimum atomic E-state index is 0.110. The molecule has 0 spiro atoms. The first kappa shape index (κ1) is 62.5. The summed E-state index contributed by atoms with van der Waals surface area (Å²) in [5.41, 5.74) is 22.7. The molecule has 0 N–H and O–H groups in total. The van der Waals surface area contributed by atoms with E-state index in [9.17, 15) is 0 Å². The van der Waals surface area contributed by atoms with Crippen LogP contribution in [0.15, 0.2) is 319 Å². The Labute approximate surface area is 584 Å². The van der Waals surface area contributed by atoms with Crippen LogP contribution in [0.5, 0.6) is 0 Å². The molecule has 18 aromatic rings. The average Bonchev–Trinajstić information content (AvgIpc) is 0.761. The molecule has 0 fully saturated rings. The summed E-state index contributed by atoms with van der Waals surface area (Å²) >= 11 is 0. The number of aromatic nitrogens is 12. The third kappa shape index (κ3) is 12.9. The van der Waals surface area contributed by atoms with E-state index in [1.54, 1.807) is 38.0 Å². The second-order valence-corrected chi connectivity index (χ2v) is 26.1. The fraction of sp³-hybridized carbons (Fsp3) is 0.0562. The van der Waals surface area contributed by atoms with E-state index in [2.05, 4.69) is 294 Å². The van der Waals surface area contributed by atoms with E-state index < -0.39 is 0 Å². The number of rotatable bonds is 9. The molecule has 18 rings (SSSR count). The van der Waals surface area contributed by atoms with Crippen molar-refractivity contribution >= 4 is 64.6 Å². The Balaban J connectivity index is 0.000000118. The van der Waals surface area contributed by atoms with Crippen LogP contribution in [0.25, 0.3) is 165 Å². The number of hydrogen-bond acceptors (Lipinski definition) is 12. The maximum Gasteiger partial charge on any atom is 0.115 e. The van der Waals surface area contributed by atoms with Crippen LogP contribution in [0.3, 0.4) is 0 Å². The highest BCUT2D eigenvalue weighted by Crippen LogP contribution is 2.44. The lowest BCUT2D eigenvalue weighted by atomic mass is 9.85. The van der Waals surface area contributed by atoms with Crippen LogP contribution in [0.2, 0.25) is 0 Å². The SMILES string of the molecule is CC(C)(C)c1ccc(-c2c3ccc(-c4cncnc4)cc3cc3cc(-c4cncnc4)ccc23)cc1.Cc1ccccc1-c1c2ccc(-c3cncnc3)cc2cc2cc(-c3cncnc3)ccc12.c1ccc(-c2c3ccc(-c4cncnc4)cc3cc3cc(-c4cncnc4)ccc23)cc1. The zero-order chi connectivity index (χ0) is 68.2. The van der Waals surface area contributed by atoms with Gasteiger partial charge in [-0.2, -0.15) is 0 Å². The van der Waals surface area contributed by atoms with E-state index in [1.165, 1.54) is 109 Å². The largest absolute Gasteiger partial charge is 0.244 e. The molecule has 0 atom stereocenters. The van der Waals surface area contributed by atoms with Gasteiger partial charge in [-0.15, -0.1) is 0 Å². The predicted octanol–water partition coefficient (Wildman–Crippen LogP) is 21.3. The third-order valence-corrected chi connectivity index (χ3v) is 18.7. The molecule has 0 unspecified atom stereocenters. The predicted molar refractivity (Wildman–Crippen MR) is 410 cm³/mol. The Kier molecular flexibility index (Phi) is 16.9. The van der Waals surface area contributed by atoms with Gasteiger partial charge in [0.05, 0.1) is 0 Å². The van der Waals surface area contributed by atoms with Crippen LogP contribution in [0, 0.1) is 6.92 Å². The van der Waals surface area contributed by atoms with E-state index in [0.29, 0.717) is 0 Å². The molecule has 12 nitrogen and oxygen atoms in total. The normalized spacial score (nSPS) is 11.4. The Hall–Kier alpha value is -13.3. The van der Waals surface area contributed by atoms with Crippen LogP contribution >= 0.6 is 0 Å². The van der Waals surface area contributed by atoms with E-state index in [0.717, 1.165) is 66.8 Å². The van der Waals surface area contributed by atoms with Gasteiger partial charge in [-0.3, -0.25) is 0 Å². The fourth-order valence-corrected chi connectivity index (χ4v) is 13.7. The molecule has 101 heavy (non-hydrogen) atoms. The Morgan fingerprint density at radius 1 is 0.208 bits per heavy atom. The standard InChI is InChI=1S/C32H26N4.C29H20N4.C28H18N4/c1-32(2,3)28-8-4-21(5-9-28)31-29-10-6-22(26-15-33-19-34-16-26)12-24(29)14-25-13-23(7-11-30(25)31)27-17-35-20-36-18-27;1-19-4-2-3-5-26(19)29-27-8-6-20(24-13-30-17-31-14-24)10-22(27)12-23-11-21(7-9-28(23)29)25-15-32-18-33-16-25;1-2-4-19(5-3-1)28-26-8-6-20(24-13-29-17-30-14-24)10-22(26)12-23-11-21(7-9-27(23)28)25-15-31-18-32-16-25/h4-20H,1-3H3;2-18H,1H3;1-18H. The number of benzene rings is 12. The van der Waals surface area contributed by atoms with Crippen molar-refractivity contribution in [1.82, 2.24) is 59.8 Å². The zero-order valence-corrected chi connectivity index (χ0v) is 55.9. The van der Waals surface area contributed by atoms with Gasteiger partial charge < -0.3 is 0 Å². The molecule has 0 aliphatic rings. The molecular formula is C89H64N12. The van der Waals surface area contributed by atoms with Gasteiger partial charge in [0.1, 0.15) is 38.0 Å². The summed E-state index contributed by atoms with van der Waals surface area (Å²) < 4.78 is 0. The zero-order valence-electron chi connectivity index (χ0n) is 55.9. The monoisotopic (exact) mass is 1300 g/mol. The summed E-state index contributed by atoms with van der Waals surface area (Å²) in [6, 6.07) is 74.6. The molecule has 6 aromatic heterocycles. The van der Waals surface area contributed by atoms with Crippen LogP contribution in [0.4, 0.5) is 0 Å². The number of nitrogens with zero attached hydrogens (tertiary/aromatic N) is 12. The van der Waals surface area contributed by atoms with Crippen molar-refractivity contribution < 1.29 is 0 Å². The van der Waals surface area contributed by atoms with Crippen molar-refractivity contribution in [3.05, 3.63) is 330 Å². The number of fused-ring (bicyclic) bond motifs is 6. The molecule has 0 saturated heterocycles. The van der Waals surface area contributed by atoms with Crippen molar-refractivity contribution in [3.63, 3.8) is 0 Å². The molecule has 0 saturated carbocycles. The van der Waals surface area contributed by atoms with Crippen molar-refractivity contribution in [2.45, 2.75) is 33.1 Å². The second kappa shape index (κ2) is 27.3. The first-order valence-corrected chi connectivity index (χ1v) is 33.4. The molecule has 480 valence electrons. The van der Waals surface area contributed by atoms with Crippen LogP contribution in [-0.2, 0) is 5.41 Å². The van der Waals surface area contributed by atoms with E-state index in [1.807, 2.05) is 74.4 Å². The molecule has 0 radical (unpaired) electrons. The van der Waals surface area contributed by atoms with Gasteiger partial charge in [0.25, 0.3) is 0 Å². The summed E-state index contributed by atoms with van der Waals surface area (Å²) in [6.45, 7) is 8.92. The number of hydrogen-bond donors (Lipinski definition) is 0. The molecule has 0 aliphatic heterocycles. The summed E-state index contributed by atoms with van der Waals surface area (Å²) in [5.74, 6) is 0. The van der Waals surface area contributed by atoms with Gasteiger partial charge in [0, 0.05) is 108 Å². The van der Waals surface area contributed by atoms with Crippen LogP contribution in [-0.4, -0.2) is 59.8 Å². The second-order valence-electron chi connectivity index (χ2n) is 26.1. The summed E-state index contributed by atoms with van der Waals surface area (Å²) in [4.78, 5) is 50.3. The minimum Gasteiger partial charge on any atom is -0.244 e. The van der Waals surface area contributed by atoms with Crippen molar-refractivity contribution in [3.8, 4) is 100 Å². The smallest absolute Gasteiger partial charge is 0.115 e. The lowest BCUT2D eigenvalue weighted by Gasteiger charge is -2.20. The van der Waals surface area contributed by atoms with E-state index in [4.69, 9.17) is 0 Å². The lowest BCUT2D eigenvalue weighted by Crippen LogP contribution is -2.10. The summed E-state index contributed by atoms with van der Waals surface area (Å²) in [7, 11) is 0.